The van der Waals surface area contributed by atoms with Crippen molar-refractivity contribution < 1.29 is 18.7 Å². The van der Waals surface area contributed by atoms with Crippen LogP contribution in [0, 0.1) is 19.7 Å². The van der Waals surface area contributed by atoms with Crippen LogP contribution in [0.15, 0.2) is 36.4 Å². The summed E-state index contributed by atoms with van der Waals surface area (Å²) in [6, 6.07) is 10.0. The highest BCUT2D eigenvalue weighted by Crippen LogP contribution is 2.18. The van der Waals surface area contributed by atoms with Gasteiger partial charge in [-0.3, -0.25) is 4.79 Å². The second-order valence-corrected chi connectivity index (χ2v) is 5.28. The molecule has 2 aromatic carbocycles. The Balaban J connectivity index is 1.84. The Labute approximate surface area is 135 Å². The van der Waals surface area contributed by atoms with E-state index in [-0.39, 0.29) is 17.2 Å². The van der Waals surface area contributed by atoms with Gasteiger partial charge in [0.1, 0.15) is 12.4 Å². The van der Waals surface area contributed by atoms with Crippen LogP contribution in [-0.4, -0.2) is 26.2 Å². The Morgan fingerprint density at radius 3 is 2.43 bits per heavy atom. The molecule has 0 saturated heterocycles. The molecule has 1 amide bonds. The van der Waals surface area contributed by atoms with E-state index in [1.54, 1.807) is 0 Å². The number of ether oxygens (including phenoxy) is 2. The molecule has 122 valence electrons. The van der Waals surface area contributed by atoms with Crippen LogP contribution in [0.25, 0.3) is 0 Å². The number of carbonyl (C=O) groups is 1. The molecule has 0 radical (unpaired) electrons. The van der Waals surface area contributed by atoms with Crippen molar-refractivity contribution in [1.82, 2.24) is 5.32 Å². The van der Waals surface area contributed by atoms with E-state index in [0.717, 1.165) is 22.9 Å². The molecule has 0 atom stereocenters. The largest absolute Gasteiger partial charge is 0.494 e. The molecule has 2 rings (SSSR count). The van der Waals surface area contributed by atoms with Gasteiger partial charge in [-0.2, -0.15) is 0 Å². The molecule has 0 aromatic heterocycles. The van der Waals surface area contributed by atoms with E-state index in [9.17, 15) is 9.18 Å². The first-order valence-corrected chi connectivity index (χ1v) is 7.32. The molecule has 23 heavy (non-hydrogen) atoms. The maximum absolute atomic E-state index is 13.6. The van der Waals surface area contributed by atoms with Crippen LogP contribution in [0.5, 0.6) is 11.5 Å². The van der Waals surface area contributed by atoms with Gasteiger partial charge in [-0.15, -0.1) is 0 Å². The van der Waals surface area contributed by atoms with E-state index < -0.39 is 5.82 Å². The molecule has 0 saturated carbocycles. The Morgan fingerprint density at radius 2 is 1.83 bits per heavy atom. The number of methoxy groups -OCH3 is 1. The maximum Gasteiger partial charge on any atom is 0.251 e. The second kappa shape index (κ2) is 7.63. The lowest BCUT2D eigenvalue weighted by Crippen LogP contribution is -2.28. The minimum absolute atomic E-state index is 0.111. The highest BCUT2D eigenvalue weighted by molar-refractivity contribution is 5.94. The summed E-state index contributed by atoms with van der Waals surface area (Å²) in [5, 5.41) is 2.69. The summed E-state index contributed by atoms with van der Waals surface area (Å²) in [5.41, 5.74) is 2.49. The van der Waals surface area contributed by atoms with Gasteiger partial charge in [-0.05, 0) is 55.3 Å². The number of hydrogen-bond acceptors (Lipinski definition) is 3. The fraction of sp³-hybridized carbons (Fsp3) is 0.278. The molecule has 0 bridgehead atoms. The number of hydrogen-bond donors (Lipinski definition) is 1. The molecule has 0 unspecified atom stereocenters. The van der Waals surface area contributed by atoms with Crippen molar-refractivity contribution in [3.05, 3.63) is 58.9 Å². The summed E-state index contributed by atoms with van der Waals surface area (Å²) >= 11 is 0. The minimum atomic E-state index is -0.563. The molecule has 1 N–H and O–H groups in total. The molecule has 2 aromatic rings. The third-order valence-electron chi connectivity index (χ3n) is 3.27. The van der Waals surface area contributed by atoms with Crippen molar-refractivity contribution >= 4 is 5.91 Å². The highest BCUT2D eigenvalue weighted by Gasteiger charge is 2.09. The molecular formula is C18H20FNO3. The Bertz CT molecular complexity index is 680. The monoisotopic (exact) mass is 317 g/mol. The summed E-state index contributed by atoms with van der Waals surface area (Å²) in [4.78, 5) is 11.9. The molecular weight excluding hydrogens is 297 g/mol. The molecule has 0 aliphatic rings. The zero-order valence-electron chi connectivity index (χ0n) is 13.5. The molecule has 5 heteroatoms. The predicted molar refractivity (Wildman–Crippen MR) is 86.7 cm³/mol. The van der Waals surface area contributed by atoms with Gasteiger partial charge >= 0.3 is 0 Å². The number of amides is 1. The maximum atomic E-state index is 13.6. The summed E-state index contributed by atoms with van der Waals surface area (Å²) in [5.74, 6) is -0.0332. The molecule has 0 aliphatic carbocycles. The fourth-order valence-electron chi connectivity index (χ4n) is 2.26. The lowest BCUT2D eigenvalue weighted by molar-refractivity contribution is 0.0946. The second-order valence-electron chi connectivity index (χ2n) is 5.28. The zero-order chi connectivity index (χ0) is 16.8. The smallest absolute Gasteiger partial charge is 0.251 e. The SMILES string of the molecule is COc1ccc(C(=O)NCCOc2cc(C)cc(C)c2)cc1F. The van der Waals surface area contributed by atoms with Gasteiger partial charge in [-0.1, -0.05) is 6.07 Å². The van der Waals surface area contributed by atoms with Crippen LogP contribution in [-0.2, 0) is 0 Å². The minimum Gasteiger partial charge on any atom is -0.494 e. The molecule has 0 fully saturated rings. The zero-order valence-corrected chi connectivity index (χ0v) is 13.5. The number of rotatable bonds is 6. The van der Waals surface area contributed by atoms with E-state index in [0.29, 0.717) is 13.2 Å². The summed E-state index contributed by atoms with van der Waals surface area (Å²) < 4.78 is 24.0. The topological polar surface area (TPSA) is 47.6 Å². The first kappa shape index (κ1) is 16.8. The summed E-state index contributed by atoms with van der Waals surface area (Å²) in [6.45, 7) is 4.67. The fourth-order valence-corrected chi connectivity index (χ4v) is 2.26. The number of carbonyl (C=O) groups excluding carboxylic acids is 1. The predicted octanol–water partition coefficient (Wildman–Crippen LogP) is 3.26. The van der Waals surface area contributed by atoms with Crippen molar-refractivity contribution in [1.29, 1.82) is 0 Å². The van der Waals surface area contributed by atoms with Crippen LogP contribution in [0.2, 0.25) is 0 Å². The van der Waals surface area contributed by atoms with Crippen LogP contribution in [0.1, 0.15) is 21.5 Å². The summed E-state index contributed by atoms with van der Waals surface area (Å²) in [7, 11) is 1.38. The van der Waals surface area contributed by atoms with Gasteiger partial charge in [0, 0.05) is 5.56 Å². The number of benzene rings is 2. The third-order valence-corrected chi connectivity index (χ3v) is 3.27. The van der Waals surface area contributed by atoms with E-state index in [2.05, 4.69) is 11.4 Å². The summed E-state index contributed by atoms with van der Waals surface area (Å²) in [6.07, 6.45) is 0. The highest BCUT2D eigenvalue weighted by atomic mass is 19.1. The van der Waals surface area contributed by atoms with Crippen molar-refractivity contribution in [3.63, 3.8) is 0 Å². The van der Waals surface area contributed by atoms with E-state index in [4.69, 9.17) is 9.47 Å². The van der Waals surface area contributed by atoms with E-state index in [1.165, 1.54) is 19.2 Å². The van der Waals surface area contributed by atoms with Crippen LogP contribution < -0.4 is 14.8 Å². The first-order chi connectivity index (χ1) is 11.0. The van der Waals surface area contributed by atoms with Crippen LogP contribution in [0.3, 0.4) is 0 Å². The number of halogens is 1. The van der Waals surface area contributed by atoms with Gasteiger partial charge in [-0.25, -0.2) is 4.39 Å². The van der Waals surface area contributed by atoms with E-state index >= 15 is 0 Å². The Morgan fingerprint density at radius 1 is 1.13 bits per heavy atom. The molecule has 0 spiro atoms. The van der Waals surface area contributed by atoms with Crippen molar-refractivity contribution in [2.75, 3.05) is 20.3 Å². The van der Waals surface area contributed by atoms with Gasteiger partial charge in [0.2, 0.25) is 0 Å². The molecule has 4 nitrogen and oxygen atoms in total. The lowest BCUT2D eigenvalue weighted by Gasteiger charge is -2.10. The van der Waals surface area contributed by atoms with Gasteiger partial charge in [0.15, 0.2) is 11.6 Å². The van der Waals surface area contributed by atoms with Gasteiger partial charge < -0.3 is 14.8 Å². The van der Waals surface area contributed by atoms with Crippen molar-refractivity contribution in [3.8, 4) is 11.5 Å². The van der Waals surface area contributed by atoms with Crippen LogP contribution >= 0.6 is 0 Å². The van der Waals surface area contributed by atoms with Crippen molar-refractivity contribution in [2.45, 2.75) is 13.8 Å². The number of aryl methyl sites for hydroxylation is 2. The first-order valence-electron chi connectivity index (χ1n) is 7.32. The Hall–Kier alpha value is -2.56. The van der Waals surface area contributed by atoms with Crippen molar-refractivity contribution in [2.24, 2.45) is 0 Å². The molecule has 0 aliphatic heterocycles. The van der Waals surface area contributed by atoms with E-state index in [1.807, 2.05) is 26.0 Å². The third kappa shape index (κ3) is 4.71. The average Bonchev–Trinajstić information content (AvgIpc) is 2.50. The standard InChI is InChI=1S/C18H20FNO3/c1-12-8-13(2)10-15(9-12)23-7-6-20-18(21)14-4-5-17(22-3)16(19)11-14/h4-5,8-11H,6-7H2,1-3H3,(H,20,21). The Kier molecular flexibility index (Phi) is 5.57. The van der Waals surface area contributed by atoms with Gasteiger partial charge in [0.25, 0.3) is 5.91 Å². The normalized spacial score (nSPS) is 10.3. The quantitative estimate of drug-likeness (QED) is 0.832. The van der Waals surface area contributed by atoms with Gasteiger partial charge in [0.05, 0.1) is 13.7 Å². The average molecular weight is 317 g/mol. The molecule has 0 heterocycles. The lowest BCUT2D eigenvalue weighted by atomic mass is 10.1. The van der Waals surface area contributed by atoms with Crippen LogP contribution in [0.4, 0.5) is 4.39 Å². The number of nitrogens with one attached hydrogen (secondary N) is 1.